The summed E-state index contributed by atoms with van der Waals surface area (Å²) in [4.78, 5) is 30.6. The van der Waals surface area contributed by atoms with Gasteiger partial charge in [-0.2, -0.15) is 0 Å². The summed E-state index contributed by atoms with van der Waals surface area (Å²) in [5.41, 5.74) is 5.21. The van der Waals surface area contributed by atoms with Gasteiger partial charge >= 0.3 is 0 Å². The second-order valence-electron chi connectivity index (χ2n) is 10.4. The predicted molar refractivity (Wildman–Crippen MR) is 171 cm³/mol. The minimum atomic E-state index is -0.619. The smallest absolute Gasteiger partial charge is 0.269 e. The number of amides is 1. The number of hydrogen-bond acceptors (Lipinski definition) is 7. The number of benzene rings is 2. The van der Waals surface area contributed by atoms with Gasteiger partial charge in [-0.1, -0.05) is 44.5 Å². The fourth-order valence-corrected chi connectivity index (χ4v) is 5.59. The molecule has 0 aliphatic heterocycles. The van der Waals surface area contributed by atoms with Crippen molar-refractivity contribution in [3.05, 3.63) is 111 Å². The minimum Gasteiger partial charge on any atom is -0.331 e. The zero-order valence-electron chi connectivity index (χ0n) is 24.1. The van der Waals surface area contributed by atoms with E-state index in [2.05, 4.69) is 29.6 Å². The molecule has 0 radical (unpaired) electrons. The van der Waals surface area contributed by atoms with Gasteiger partial charge in [0.1, 0.15) is 5.82 Å². The number of rotatable bonds is 14. The van der Waals surface area contributed by atoms with Crippen LogP contribution in [0.1, 0.15) is 55.2 Å². The summed E-state index contributed by atoms with van der Waals surface area (Å²) in [6, 6.07) is 16.3. The summed E-state index contributed by atoms with van der Waals surface area (Å²) in [7, 11) is 0. The molecular weight excluding hydrogens is 588 g/mol. The van der Waals surface area contributed by atoms with Crippen LogP contribution >= 0.6 is 23.6 Å². The molecular formula is C31H35FN6O3S2. The second-order valence-corrected chi connectivity index (χ2v) is 11.8. The number of hydrazine groups is 1. The lowest BCUT2D eigenvalue weighted by Gasteiger charge is -2.29. The van der Waals surface area contributed by atoms with Crippen molar-refractivity contribution in [1.29, 1.82) is 0 Å². The maximum absolute atomic E-state index is 14.4. The number of carbonyl (C=O) groups excluding carboxylic acids is 1. The van der Waals surface area contributed by atoms with Gasteiger partial charge in [0.2, 0.25) is 0 Å². The Morgan fingerprint density at radius 2 is 1.98 bits per heavy atom. The quantitative estimate of drug-likeness (QED) is 0.0893. The van der Waals surface area contributed by atoms with Crippen molar-refractivity contribution < 1.29 is 14.1 Å². The molecule has 4 rings (SSSR count). The highest BCUT2D eigenvalue weighted by Gasteiger charge is 2.31. The number of imidazole rings is 1. The second kappa shape index (κ2) is 15.5. The average Bonchev–Trinajstić information content (AvgIpc) is 3.68. The van der Waals surface area contributed by atoms with Crippen LogP contribution in [0, 0.1) is 21.8 Å². The van der Waals surface area contributed by atoms with Crippen LogP contribution in [0.4, 0.5) is 15.8 Å². The number of nitro benzene ring substituents is 1. The monoisotopic (exact) mass is 622 g/mol. The van der Waals surface area contributed by atoms with Crippen LogP contribution in [-0.2, 0) is 17.8 Å². The molecule has 1 unspecified atom stereocenters. The molecule has 9 nitrogen and oxygen atoms in total. The molecule has 0 aliphatic carbocycles. The fraction of sp³-hybridized carbons (Fsp3) is 0.323. The third-order valence-corrected chi connectivity index (χ3v) is 8.48. The van der Waals surface area contributed by atoms with Crippen molar-refractivity contribution in [3.8, 4) is 0 Å². The van der Waals surface area contributed by atoms with Crippen molar-refractivity contribution in [2.45, 2.75) is 52.0 Å². The normalized spacial score (nSPS) is 12.4. The van der Waals surface area contributed by atoms with E-state index in [9.17, 15) is 19.3 Å². The van der Waals surface area contributed by atoms with E-state index in [-0.39, 0.29) is 16.7 Å². The summed E-state index contributed by atoms with van der Waals surface area (Å²) in [6.45, 7) is 5.17. The number of nitrogens with one attached hydrogen (secondary N) is 2. The lowest BCUT2D eigenvalue weighted by atomic mass is 9.97. The highest BCUT2D eigenvalue weighted by molar-refractivity contribution is 7.80. The molecule has 226 valence electrons. The predicted octanol–water partition coefficient (Wildman–Crippen LogP) is 6.92. The van der Waals surface area contributed by atoms with E-state index in [0.717, 1.165) is 23.3 Å². The van der Waals surface area contributed by atoms with Gasteiger partial charge in [0.05, 0.1) is 22.9 Å². The lowest BCUT2D eigenvalue weighted by Crippen LogP contribution is -2.51. The van der Waals surface area contributed by atoms with Crippen molar-refractivity contribution in [1.82, 2.24) is 20.0 Å². The van der Waals surface area contributed by atoms with Crippen molar-refractivity contribution >= 4 is 45.9 Å². The zero-order valence-corrected chi connectivity index (χ0v) is 25.7. The van der Waals surface area contributed by atoms with E-state index in [0.29, 0.717) is 43.2 Å². The Hall–Kier alpha value is -4.00. The highest BCUT2D eigenvalue weighted by atomic mass is 32.1. The Kier molecular flexibility index (Phi) is 11.5. The van der Waals surface area contributed by atoms with Crippen LogP contribution in [0.5, 0.6) is 0 Å². The average molecular weight is 623 g/mol. The Bertz CT molecular complexity index is 1510. The molecule has 2 atom stereocenters. The number of thiocarbonyl (C=S) groups is 1. The van der Waals surface area contributed by atoms with Crippen molar-refractivity contribution in [2.24, 2.45) is 5.92 Å². The number of hydrogen-bond donors (Lipinski definition) is 2. The zero-order chi connectivity index (χ0) is 30.8. The van der Waals surface area contributed by atoms with Gasteiger partial charge in [0.15, 0.2) is 5.11 Å². The van der Waals surface area contributed by atoms with E-state index in [4.69, 9.17) is 12.2 Å². The maximum Gasteiger partial charge on any atom is 0.269 e. The highest BCUT2D eigenvalue weighted by Crippen LogP contribution is 2.27. The molecule has 2 heterocycles. The van der Waals surface area contributed by atoms with E-state index in [1.807, 2.05) is 22.1 Å². The Balaban J connectivity index is 1.63. The summed E-state index contributed by atoms with van der Waals surface area (Å²) >= 11 is 7.33. The van der Waals surface area contributed by atoms with Crippen molar-refractivity contribution in [3.63, 3.8) is 0 Å². The molecule has 43 heavy (non-hydrogen) atoms. The number of halogens is 1. The van der Waals surface area contributed by atoms with Crippen LogP contribution in [0.2, 0.25) is 0 Å². The molecule has 2 aromatic heterocycles. The van der Waals surface area contributed by atoms with Gasteiger partial charge in [0, 0.05) is 42.0 Å². The molecule has 0 saturated heterocycles. The maximum atomic E-state index is 14.4. The van der Waals surface area contributed by atoms with Crippen molar-refractivity contribution in [2.75, 3.05) is 11.9 Å². The number of aryl methyl sites for hydroxylation is 1. The largest absolute Gasteiger partial charge is 0.331 e. The summed E-state index contributed by atoms with van der Waals surface area (Å²) in [5.74, 6) is -0.850. The third-order valence-electron chi connectivity index (χ3n) is 7.26. The van der Waals surface area contributed by atoms with Gasteiger partial charge in [-0.25, -0.2) is 19.8 Å². The van der Waals surface area contributed by atoms with E-state index >= 15 is 0 Å². The molecule has 0 spiro atoms. The first-order valence-electron chi connectivity index (χ1n) is 14.1. The first kappa shape index (κ1) is 31.9. The molecule has 1 amide bonds. The van der Waals surface area contributed by atoms with Crippen LogP contribution in [-0.4, -0.2) is 37.0 Å². The van der Waals surface area contributed by atoms with Crippen LogP contribution < -0.4 is 10.7 Å². The SMILES string of the molecule is CC[C@H](C)CCNN(C(=O)C(CCc1cccs1)c1cncn1Cc1ccc([N+](=O)[O-])cc1)C(=S)Nc1cccc(F)c1. The lowest BCUT2D eigenvalue weighted by molar-refractivity contribution is -0.384. The van der Waals surface area contributed by atoms with E-state index in [1.165, 1.54) is 29.3 Å². The summed E-state index contributed by atoms with van der Waals surface area (Å²) < 4.78 is 15.8. The molecule has 2 N–H and O–H groups in total. The molecule has 0 saturated carbocycles. The van der Waals surface area contributed by atoms with E-state index in [1.54, 1.807) is 48.1 Å². The van der Waals surface area contributed by atoms with E-state index < -0.39 is 16.7 Å². The first-order valence-corrected chi connectivity index (χ1v) is 15.4. The Morgan fingerprint density at radius 3 is 2.65 bits per heavy atom. The van der Waals surface area contributed by atoms with Crippen LogP contribution in [0.25, 0.3) is 0 Å². The van der Waals surface area contributed by atoms with Crippen LogP contribution in [0.3, 0.4) is 0 Å². The molecule has 4 aromatic rings. The van der Waals surface area contributed by atoms with Gasteiger partial charge in [0.25, 0.3) is 11.6 Å². The molecule has 12 heteroatoms. The van der Waals surface area contributed by atoms with Crippen LogP contribution in [0.15, 0.2) is 78.6 Å². The number of carbonyl (C=O) groups is 1. The van der Waals surface area contributed by atoms with Gasteiger partial charge in [-0.15, -0.1) is 11.3 Å². The van der Waals surface area contributed by atoms with Gasteiger partial charge in [-0.3, -0.25) is 14.9 Å². The standard InChI is InChI=1S/C31H35FN6O3S2/c1-3-22(2)15-16-34-37(31(42)35-25-7-4-6-24(32)18-25)30(39)28(14-13-27-8-5-17-43-27)29-19-33-21-36(29)20-23-9-11-26(12-10-23)38(40)41/h4-12,17-19,21-22,28,34H,3,13-16,20H2,1-2H3,(H,35,42)/t22-,28?/m0/s1. The van der Waals surface area contributed by atoms with Gasteiger partial charge in [-0.05, 0) is 72.6 Å². The number of non-ortho nitro benzene ring substituents is 1. The Morgan fingerprint density at radius 1 is 1.19 bits per heavy atom. The number of nitro groups is 1. The molecule has 0 aliphatic rings. The summed E-state index contributed by atoms with van der Waals surface area (Å²) in [5, 5.41) is 17.6. The number of nitrogens with zero attached hydrogens (tertiary/aromatic N) is 4. The number of aromatic nitrogens is 2. The number of anilines is 1. The molecule has 0 bridgehead atoms. The topological polar surface area (TPSA) is 105 Å². The first-order chi connectivity index (χ1) is 20.7. The van der Waals surface area contributed by atoms with Gasteiger partial charge < -0.3 is 9.88 Å². The molecule has 0 fully saturated rings. The third kappa shape index (κ3) is 8.99. The number of thiophene rings is 1. The Labute approximate surface area is 259 Å². The minimum absolute atomic E-state index is 0.0111. The molecule has 2 aromatic carbocycles. The summed E-state index contributed by atoms with van der Waals surface area (Å²) in [6.07, 6.45) is 6.35. The fourth-order valence-electron chi connectivity index (χ4n) is 4.59.